The van der Waals surface area contributed by atoms with E-state index in [1.807, 2.05) is 0 Å². The Labute approximate surface area is 155 Å². The van der Waals surface area contributed by atoms with Crippen LogP contribution in [0.1, 0.15) is 0 Å². The molecule has 0 unspecified atom stereocenters. The summed E-state index contributed by atoms with van der Waals surface area (Å²) in [4.78, 5) is 23.2. The monoisotopic (exact) mass is 433 g/mol. The smallest absolute Gasteiger partial charge is 0.344 e. The van der Waals surface area contributed by atoms with Gasteiger partial charge in [-0.2, -0.15) is 0 Å². The van der Waals surface area contributed by atoms with E-state index in [0.717, 1.165) is 12.1 Å². The van der Waals surface area contributed by atoms with Crippen molar-refractivity contribution < 1.29 is 27.8 Å². The Hall–Kier alpha value is -2.19. The summed E-state index contributed by atoms with van der Waals surface area (Å²) in [5, 5.41) is 2.70. The van der Waals surface area contributed by atoms with E-state index in [1.54, 1.807) is 18.2 Å². The van der Waals surface area contributed by atoms with Crippen molar-refractivity contribution in [2.75, 3.05) is 18.5 Å². The van der Waals surface area contributed by atoms with E-state index in [4.69, 9.17) is 21.1 Å². The van der Waals surface area contributed by atoms with Crippen LogP contribution in [0.2, 0.25) is 5.02 Å². The van der Waals surface area contributed by atoms with Crippen molar-refractivity contribution in [3.05, 3.63) is 57.5 Å². The number of halogens is 4. The highest BCUT2D eigenvalue weighted by molar-refractivity contribution is 9.10. The normalized spacial score (nSPS) is 10.2. The first kappa shape index (κ1) is 19.1. The average Bonchev–Trinajstić information content (AvgIpc) is 2.51. The Morgan fingerprint density at radius 2 is 1.76 bits per heavy atom. The van der Waals surface area contributed by atoms with E-state index in [-0.39, 0.29) is 5.69 Å². The molecule has 1 amide bonds. The Balaban J connectivity index is 1.78. The van der Waals surface area contributed by atoms with Crippen molar-refractivity contribution in [1.82, 2.24) is 0 Å². The van der Waals surface area contributed by atoms with E-state index in [1.165, 1.54) is 0 Å². The van der Waals surface area contributed by atoms with Crippen LogP contribution >= 0.6 is 27.5 Å². The predicted molar refractivity (Wildman–Crippen MR) is 90.6 cm³/mol. The average molecular weight is 435 g/mol. The van der Waals surface area contributed by atoms with Crippen LogP contribution in [0, 0.1) is 11.6 Å². The third kappa shape index (κ3) is 6.32. The van der Waals surface area contributed by atoms with Crippen LogP contribution < -0.4 is 10.1 Å². The first-order valence-electron chi connectivity index (χ1n) is 6.83. The molecule has 0 heterocycles. The van der Waals surface area contributed by atoms with Gasteiger partial charge in [0.2, 0.25) is 0 Å². The molecule has 25 heavy (non-hydrogen) atoms. The number of nitrogens with one attached hydrogen (secondary N) is 1. The second-order valence-electron chi connectivity index (χ2n) is 4.73. The van der Waals surface area contributed by atoms with Crippen molar-refractivity contribution in [2.45, 2.75) is 0 Å². The van der Waals surface area contributed by atoms with Crippen molar-refractivity contribution >= 4 is 45.1 Å². The van der Waals surface area contributed by atoms with Crippen molar-refractivity contribution in [3.8, 4) is 5.75 Å². The van der Waals surface area contributed by atoms with Gasteiger partial charge in [0.1, 0.15) is 17.4 Å². The molecule has 0 spiro atoms. The molecule has 0 aliphatic heterocycles. The molecule has 2 rings (SSSR count). The summed E-state index contributed by atoms with van der Waals surface area (Å²) < 4.78 is 36.5. The number of hydrogen-bond acceptors (Lipinski definition) is 4. The number of carbonyl (C=O) groups is 2. The van der Waals surface area contributed by atoms with Gasteiger partial charge >= 0.3 is 5.97 Å². The number of carbonyl (C=O) groups excluding carboxylic acids is 2. The van der Waals surface area contributed by atoms with Crippen LogP contribution in [-0.2, 0) is 14.3 Å². The molecule has 2 aromatic carbocycles. The third-order valence-corrected chi connectivity index (χ3v) is 3.60. The predicted octanol–water partition coefficient (Wildman–Crippen LogP) is 3.94. The minimum Gasteiger partial charge on any atom is -0.481 e. The largest absolute Gasteiger partial charge is 0.481 e. The zero-order valence-electron chi connectivity index (χ0n) is 12.5. The van der Waals surface area contributed by atoms with Crippen molar-refractivity contribution in [3.63, 3.8) is 0 Å². The van der Waals surface area contributed by atoms with E-state index in [2.05, 4.69) is 21.2 Å². The zero-order valence-corrected chi connectivity index (χ0v) is 14.9. The summed E-state index contributed by atoms with van der Waals surface area (Å²) in [6.45, 7) is -1.05. The summed E-state index contributed by atoms with van der Waals surface area (Å²) in [5.41, 5.74) is -0.0834. The fraction of sp³-hybridized carbons (Fsp3) is 0.125. The Bertz CT molecular complexity index is 783. The van der Waals surface area contributed by atoms with Gasteiger partial charge in [-0.05, 0) is 46.3 Å². The fourth-order valence-corrected chi connectivity index (χ4v) is 2.54. The molecule has 0 saturated heterocycles. The van der Waals surface area contributed by atoms with E-state index < -0.39 is 36.7 Å². The zero-order chi connectivity index (χ0) is 18.4. The van der Waals surface area contributed by atoms with Gasteiger partial charge in [-0.1, -0.05) is 11.6 Å². The minimum atomic E-state index is -0.839. The summed E-state index contributed by atoms with van der Waals surface area (Å²) in [6, 6.07) is 7.27. The van der Waals surface area contributed by atoms with Crippen LogP contribution in [-0.4, -0.2) is 25.1 Å². The van der Waals surface area contributed by atoms with E-state index in [0.29, 0.717) is 21.3 Å². The second-order valence-corrected chi connectivity index (χ2v) is 6.02. The van der Waals surface area contributed by atoms with Gasteiger partial charge in [-0.15, -0.1) is 0 Å². The number of esters is 1. The van der Waals surface area contributed by atoms with Gasteiger partial charge in [0.05, 0.1) is 4.47 Å². The number of ether oxygens (including phenoxy) is 2. The summed E-state index contributed by atoms with van der Waals surface area (Å²) in [6.07, 6.45) is 0. The number of benzene rings is 2. The number of amides is 1. The molecule has 2 aromatic rings. The molecular weight excluding hydrogens is 424 g/mol. The standard InChI is InChI=1S/C16H11BrClF2NO4/c17-13-3-9(18)1-2-14(13)24-8-16(23)25-7-15(22)21-12-5-10(19)4-11(20)6-12/h1-6H,7-8H2,(H,21,22). The van der Waals surface area contributed by atoms with Gasteiger partial charge in [-0.3, -0.25) is 4.79 Å². The maximum atomic E-state index is 13.0. The van der Waals surface area contributed by atoms with Crippen LogP contribution in [0.4, 0.5) is 14.5 Å². The highest BCUT2D eigenvalue weighted by Gasteiger charge is 2.11. The van der Waals surface area contributed by atoms with Crippen molar-refractivity contribution in [2.24, 2.45) is 0 Å². The summed E-state index contributed by atoms with van der Waals surface area (Å²) in [7, 11) is 0. The fourth-order valence-electron chi connectivity index (χ4n) is 1.74. The molecule has 0 fully saturated rings. The molecule has 0 aliphatic rings. The van der Waals surface area contributed by atoms with Crippen molar-refractivity contribution in [1.29, 1.82) is 0 Å². The lowest BCUT2D eigenvalue weighted by atomic mass is 10.3. The minimum absolute atomic E-state index is 0.0834. The molecule has 132 valence electrons. The van der Waals surface area contributed by atoms with Crippen LogP contribution in [0.15, 0.2) is 40.9 Å². The summed E-state index contributed by atoms with van der Waals surface area (Å²) >= 11 is 9.00. The quantitative estimate of drug-likeness (QED) is 0.700. The molecule has 5 nitrogen and oxygen atoms in total. The second kappa shape index (κ2) is 8.77. The Kier molecular flexibility index (Phi) is 6.72. The number of hydrogen-bond donors (Lipinski definition) is 1. The van der Waals surface area contributed by atoms with E-state index >= 15 is 0 Å². The number of anilines is 1. The van der Waals surface area contributed by atoms with Gasteiger partial charge < -0.3 is 14.8 Å². The maximum Gasteiger partial charge on any atom is 0.344 e. The van der Waals surface area contributed by atoms with Gasteiger partial charge in [0.15, 0.2) is 13.2 Å². The molecule has 9 heteroatoms. The summed E-state index contributed by atoms with van der Waals surface area (Å²) in [5.74, 6) is -2.84. The Morgan fingerprint density at radius 3 is 2.40 bits per heavy atom. The molecule has 0 saturated carbocycles. The first-order chi connectivity index (χ1) is 11.8. The molecular formula is C16H11BrClF2NO4. The lowest BCUT2D eigenvalue weighted by molar-refractivity contribution is -0.149. The third-order valence-electron chi connectivity index (χ3n) is 2.75. The van der Waals surface area contributed by atoms with Gasteiger partial charge in [0.25, 0.3) is 5.91 Å². The molecule has 0 atom stereocenters. The maximum absolute atomic E-state index is 13.0. The van der Waals surface area contributed by atoms with Crippen LogP contribution in [0.3, 0.4) is 0 Å². The molecule has 0 aliphatic carbocycles. The van der Waals surface area contributed by atoms with Crippen LogP contribution in [0.25, 0.3) is 0 Å². The molecule has 0 aromatic heterocycles. The Morgan fingerprint density at radius 1 is 1.08 bits per heavy atom. The van der Waals surface area contributed by atoms with E-state index in [9.17, 15) is 18.4 Å². The lowest BCUT2D eigenvalue weighted by Gasteiger charge is -2.09. The van der Waals surface area contributed by atoms with Crippen LogP contribution in [0.5, 0.6) is 5.75 Å². The molecule has 1 N–H and O–H groups in total. The van der Waals surface area contributed by atoms with Gasteiger partial charge in [0, 0.05) is 16.8 Å². The van der Waals surface area contributed by atoms with Gasteiger partial charge in [-0.25, -0.2) is 13.6 Å². The molecule has 0 radical (unpaired) electrons. The highest BCUT2D eigenvalue weighted by atomic mass is 79.9. The highest BCUT2D eigenvalue weighted by Crippen LogP contribution is 2.27. The lowest BCUT2D eigenvalue weighted by Crippen LogP contribution is -2.23. The SMILES string of the molecule is O=C(COC(=O)COc1ccc(Cl)cc1Br)Nc1cc(F)cc(F)c1. The first-order valence-corrected chi connectivity index (χ1v) is 8.00. The molecule has 0 bridgehead atoms. The topological polar surface area (TPSA) is 64.6 Å². The number of rotatable bonds is 6.